The number of aryl methyl sites for hydroxylation is 1. The minimum absolute atomic E-state index is 0.704. The molecule has 70 valence electrons. The molecule has 0 N–H and O–H groups in total. The van der Waals surface area contributed by atoms with Crippen LogP contribution in [0.3, 0.4) is 0 Å². The Balaban J connectivity index is 1.83. The average molecular weight is 196 g/mol. The number of ether oxygens (including phenoxy) is 1. The average Bonchev–Trinajstić information content (AvgIpc) is 2.05. The van der Waals surface area contributed by atoms with Gasteiger partial charge in [-0.15, -0.1) is 0 Å². The quantitative estimate of drug-likeness (QED) is 0.542. The van der Waals surface area contributed by atoms with Gasteiger partial charge in [0.2, 0.25) is 0 Å². The first-order chi connectivity index (χ1) is 6.34. The zero-order valence-electron chi connectivity index (χ0n) is 7.56. The Morgan fingerprint density at radius 2 is 2.15 bits per heavy atom. The molecule has 13 heavy (non-hydrogen) atoms. The number of hydrogen-bond acceptors (Lipinski definition) is 4. The fourth-order valence-corrected chi connectivity index (χ4v) is 1.86. The van der Waals surface area contributed by atoms with Crippen molar-refractivity contribution in [1.82, 2.24) is 9.97 Å². The van der Waals surface area contributed by atoms with Crippen LogP contribution in [0, 0.1) is 12.8 Å². The predicted octanol–water partition coefficient (Wildman–Crippen LogP) is 1.52. The smallest absolute Gasteiger partial charge is 0.187 e. The Bertz CT molecular complexity index is 271. The summed E-state index contributed by atoms with van der Waals surface area (Å²) in [7, 11) is 0. The molecule has 0 atom stereocenters. The summed E-state index contributed by atoms with van der Waals surface area (Å²) in [5.41, 5.74) is 1.11. The van der Waals surface area contributed by atoms with Crippen LogP contribution in [0.4, 0.5) is 0 Å². The summed E-state index contributed by atoms with van der Waals surface area (Å²) in [6.45, 7) is 3.80. The zero-order chi connectivity index (χ0) is 9.10. The van der Waals surface area contributed by atoms with E-state index in [1.807, 2.05) is 19.3 Å². The second kappa shape index (κ2) is 4.07. The van der Waals surface area contributed by atoms with E-state index in [2.05, 4.69) is 9.97 Å². The van der Waals surface area contributed by atoms with E-state index < -0.39 is 0 Å². The Kier molecular flexibility index (Phi) is 2.80. The molecule has 1 fully saturated rings. The standard InChI is InChI=1S/C9H12N2OS/c1-7-2-10-9(11-3-7)13-6-8-4-12-5-8/h2-3,8H,4-6H2,1H3. The Morgan fingerprint density at radius 3 is 2.69 bits per heavy atom. The number of hydrogen-bond donors (Lipinski definition) is 0. The molecule has 2 heterocycles. The van der Waals surface area contributed by atoms with E-state index in [0.29, 0.717) is 5.92 Å². The van der Waals surface area contributed by atoms with Crippen molar-refractivity contribution in [2.45, 2.75) is 12.1 Å². The lowest BCUT2D eigenvalue weighted by Crippen LogP contribution is -2.29. The van der Waals surface area contributed by atoms with Crippen LogP contribution in [0.1, 0.15) is 5.56 Å². The summed E-state index contributed by atoms with van der Waals surface area (Å²) in [5, 5.41) is 0.873. The van der Waals surface area contributed by atoms with Crippen molar-refractivity contribution >= 4 is 11.8 Å². The van der Waals surface area contributed by atoms with Gasteiger partial charge in [-0.25, -0.2) is 9.97 Å². The molecule has 0 aliphatic carbocycles. The molecule has 1 aromatic rings. The first-order valence-corrected chi connectivity index (χ1v) is 5.32. The molecule has 4 heteroatoms. The monoisotopic (exact) mass is 196 g/mol. The maximum Gasteiger partial charge on any atom is 0.187 e. The fraction of sp³-hybridized carbons (Fsp3) is 0.556. The van der Waals surface area contributed by atoms with Crippen LogP contribution in [-0.4, -0.2) is 28.9 Å². The van der Waals surface area contributed by atoms with E-state index in [1.165, 1.54) is 0 Å². The molecule has 3 nitrogen and oxygen atoms in total. The van der Waals surface area contributed by atoms with Crippen molar-refractivity contribution in [3.8, 4) is 0 Å². The highest BCUT2D eigenvalue weighted by atomic mass is 32.2. The first-order valence-electron chi connectivity index (χ1n) is 4.34. The van der Waals surface area contributed by atoms with Crippen LogP contribution in [0.25, 0.3) is 0 Å². The lowest BCUT2D eigenvalue weighted by molar-refractivity contribution is -0.0196. The van der Waals surface area contributed by atoms with Crippen molar-refractivity contribution in [3.63, 3.8) is 0 Å². The van der Waals surface area contributed by atoms with E-state index in [0.717, 1.165) is 29.7 Å². The van der Waals surface area contributed by atoms with Crippen LogP contribution in [-0.2, 0) is 4.74 Å². The van der Waals surface area contributed by atoms with Crippen LogP contribution in [0.15, 0.2) is 17.6 Å². The van der Waals surface area contributed by atoms with Gasteiger partial charge in [0.15, 0.2) is 5.16 Å². The third-order valence-electron chi connectivity index (χ3n) is 1.91. The second-order valence-corrected chi connectivity index (χ2v) is 4.24. The van der Waals surface area contributed by atoms with Crippen molar-refractivity contribution < 1.29 is 4.74 Å². The molecule has 0 radical (unpaired) electrons. The fourth-order valence-electron chi connectivity index (χ4n) is 1.03. The van der Waals surface area contributed by atoms with Crippen molar-refractivity contribution in [2.24, 2.45) is 5.92 Å². The predicted molar refractivity (Wildman–Crippen MR) is 51.8 cm³/mol. The normalized spacial score (nSPS) is 17.0. The topological polar surface area (TPSA) is 35.0 Å². The zero-order valence-corrected chi connectivity index (χ0v) is 8.38. The van der Waals surface area contributed by atoms with Gasteiger partial charge in [0, 0.05) is 24.1 Å². The maximum absolute atomic E-state index is 5.09. The highest BCUT2D eigenvalue weighted by Gasteiger charge is 2.18. The summed E-state index contributed by atoms with van der Waals surface area (Å²) in [4.78, 5) is 8.44. The van der Waals surface area contributed by atoms with Gasteiger partial charge >= 0.3 is 0 Å². The Morgan fingerprint density at radius 1 is 1.46 bits per heavy atom. The third-order valence-corrected chi connectivity index (χ3v) is 3.02. The van der Waals surface area contributed by atoms with Gasteiger partial charge in [-0.2, -0.15) is 0 Å². The van der Waals surface area contributed by atoms with E-state index in [-0.39, 0.29) is 0 Å². The molecule has 1 aliphatic heterocycles. The Labute approximate surface area is 81.9 Å². The van der Waals surface area contributed by atoms with E-state index in [9.17, 15) is 0 Å². The number of nitrogens with zero attached hydrogens (tertiary/aromatic N) is 2. The van der Waals surface area contributed by atoms with Crippen molar-refractivity contribution in [3.05, 3.63) is 18.0 Å². The molecule has 1 aromatic heterocycles. The maximum atomic E-state index is 5.09. The summed E-state index contributed by atoms with van der Waals surface area (Å²) in [6, 6.07) is 0. The summed E-state index contributed by atoms with van der Waals surface area (Å²) in [5.74, 6) is 1.78. The molecule has 0 saturated carbocycles. The summed E-state index contributed by atoms with van der Waals surface area (Å²) < 4.78 is 5.09. The molecular formula is C9H12N2OS. The van der Waals surface area contributed by atoms with Crippen LogP contribution >= 0.6 is 11.8 Å². The molecule has 2 rings (SSSR count). The first kappa shape index (κ1) is 8.97. The van der Waals surface area contributed by atoms with Gasteiger partial charge in [0.1, 0.15) is 0 Å². The van der Waals surface area contributed by atoms with Gasteiger partial charge < -0.3 is 4.74 Å². The molecule has 0 spiro atoms. The minimum atomic E-state index is 0.704. The molecule has 0 bridgehead atoms. The van der Waals surface area contributed by atoms with Crippen LogP contribution in [0.5, 0.6) is 0 Å². The number of aromatic nitrogens is 2. The molecule has 0 aromatic carbocycles. The van der Waals surface area contributed by atoms with Gasteiger partial charge in [0.25, 0.3) is 0 Å². The lowest BCUT2D eigenvalue weighted by atomic mass is 10.1. The summed E-state index contributed by atoms with van der Waals surface area (Å²) >= 11 is 1.71. The largest absolute Gasteiger partial charge is 0.381 e. The molecule has 1 saturated heterocycles. The molecular weight excluding hydrogens is 184 g/mol. The van der Waals surface area contributed by atoms with Gasteiger partial charge in [-0.3, -0.25) is 0 Å². The van der Waals surface area contributed by atoms with E-state index in [4.69, 9.17) is 4.74 Å². The van der Waals surface area contributed by atoms with Gasteiger partial charge in [-0.05, 0) is 12.5 Å². The highest BCUT2D eigenvalue weighted by Crippen LogP contribution is 2.20. The van der Waals surface area contributed by atoms with Gasteiger partial charge in [0.05, 0.1) is 13.2 Å². The van der Waals surface area contributed by atoms with Crippen LogP contribution in [0.2, 0.25) is 0 Å². The number of rotatable bonds is 3. The minimum Gasteiger partial charge on any atom is -0.381 e. The Hall–Kier alpha value is -0.610. The van der Waals surface area contributed by atoms with Crippen LogP contribution < -0.4 is 0 Å². The van der Waals surface area contributed by atoms with E-state index >= 15 is 0 Å². The van der Waals surface area contributed by atoms with E-state index in [1.54, 1.807) is 11.8 Å². The third kappa shape index (κ3) is 2.42. The second-order valence-electron chi connectivity index (χ2n) is 3.26. The summed E-state index contributed by atoms with van der Waals surface area (Å²) in [6.07, 6.45) is 3.71. The highest BCUT2D eigenvalue weighted by molar-refractivity contribution is 7.99. The molecule has 0 amide bonds. The van der Waals surface area contributed by atoms with Crippen molar-refractivity contribution in [2.75, 3.05) is 19.0 Å². The van der Waals surface area contributed by atoms with Crippen molar-refractivity contribution in [1.29, 1.82) is 0 Å². The number of thioether (sulfide) groups is 1. The molecule has 1 aliphatic rings. The lowest BCUT2D eigenvalue weighted by Gasteiger charge is -2.24. The SMILES string of the molecule is Cc1cnc(SCC2COC2)nc1. The molecule has 0 unspecified atom stereocenters. The van der Waals surface area contributed by atoms with Gasteiger partial charge in [-0.1, -0.05) is 11.8 Å².